The fourth-order valence-corrected chi connectivity index (χ4v) is 6.93. The number of hydrogen-bond acceptors (Lipinski definition) is 6. The first-order chi connectivity index (χ1) is 19.9. The number of aliphatic carboxylic acids is 1. The number of rotatable bonds is 9. The average molecular weight is 608 g/mol. The van der Waals surface area contributed by atoms with E-state index in [4.69, 9.17) is 16.3 Å². The molecule has 0 radical (unpaired) electrons. The molecule has 3 aliphatic rings. The second-order valence-corrected chi connectivity index (χ2v) is 12.3. The lowest BCUT2D eigenvalue weighted by Crippen LogP contribution is -2.50. The third-order valence-corrected chi connectivity index (χ3v) is 9.38. The molecule has 3 heterocycles. The molecule has 1 saturated carbocycles. The number of benzene rings is 1. The van der Waals surface area contributed by atoms with E-state index in [0.29, 0.717) is 68.0 Å². The van der Waals surface area contributed by atoms with Crippen LogP contribution in [0.2, 0.25) is 5.02 Å². The molecule has 1 aromatic carbocycles. The van der Waals surface area contributed by atoms with Crippen molar-refractivity contribution in [1.29, 1.82) is 0 Å². The van der Waals surface area contributed by atoms with Crippen molar-refractivity contribution in [2.24, 2.45) is 11.3 Å². The van der Waals surface area contributed by atoms with Crippen molar-refractivity contribution in [2.75, 3.05) is 19.6 Å². The van der Waals surface area contributed by atoms with Crippen molar-refractivity contribution >= 4 is 29.4 Å². The third-order valence-electron chi connectivity index (χ3n) is 9.03. The van der Waals surface area contributed by atoms with Crippen LogP contribution in [0.3, 0.4) is 0 Å². The summed E-state index contributed by atoms with van der Waals surface area (Å²) in [6.45, 7) is 5.83. The topological polar surface area (TPSA) is 118 Å². The zero-order valence-corrected chi connectivity index (χ0v) is 24.7. The van der Waals surface area contributed by atoms with Crippen molar-refractivity contribution in [1.82, 2.24) is 24.8 Å². The summed E-state index contributed by atoms with van der Waals surface area (Å²) < 4.78 is 35.3. The number of likely N-dealkylation sites (tertiary alicyclic amines) is 1. The number of aromatic nitrogens is 3. The van der Waals surface area contributed by atoms with E-state index in [9.17, 15) is 28.3 Å². The molecular formula is C29H36ClF2N5O5. The van der Waals surface area contributed by atoms with Crippen molar-refractivity contribution in [3.8, 4) is 5.75 Å². The molecule has 13 heteroatoms. The van der Waals surface area contributed by atoms with E-state index in [0.717, 1.165) is 5.56 Å². The standard InChI is InChI=1S/C29H36ClF2N5O5/c1-16(2)37-25(26(31)32)20(33-34-37)15-42-22-9-8-19(30)17-10-13-36(21(24(17)22)14-35-12-5-7-23(35)38)27(39)18-6-4-11-29(18,3)28(40)41/h8-9,16,18,21,26H,4-7,10-15H2,1-3H3,(H,40,41)/t18-,21+,29-/m0/s1. The van der Waals surface area contributed by atoms with E-state index in [1.54, 1.807) is 42.7 Å². The highest BCUT2D eigenvalue weighted by atomic mass is 35.5. The molecule has 1 N–H and O–H groups in total. The first-order valence-electron chi connectivity index (χ1n) is 14.4. The maximum absolute atomic E-state index is 14.1. The minimum Gasteiger partial charge on any atom is -0.487 e. The summed E-state index contributed by atoms with van der Waals surface area (Å²) in [5, 5.41) is 18.3. The number of nitrogens with zero attached hydrogens (tertiary/aromatic N) is 5. The number of alkyl halides is 2. The van der Waals surface area contributed by atoms with E-state index < -0.39 is 29.8 Å². The molecule has 2 aliphatic heterocycles. The molecule has 42 heavy (non-hydrogen) atoms. The lowest BCUT2D eigenvalue weighted by molar-refractivity contribution is -0.157. The minimum atomic E-state index is -2.81. The van der Waals surface area contributed by atoms with Crippen LogP contribution in [-0.4, -0.2) is 67.3 Å². The van der Waals surface area contributed by atoms with Crippen molar-refractivity contribution < 1.29 is 33.0 Å². The van der Waals surface area contributed by atoms with Gasteiger partial charge in [0.2, 0.25) is 11.8 Å². The lowest BCUT2D eigenvalue weighted by atomic mass is 9.78. The molecule has 10 nitrogen and oxygen atoms in total. The van der Waals surface area contributed by atoms with Crippen LogP contribution in [-0.2, 0) is 27.4 Å². The average Bonchev–Trinajstić information content (AvgIpc) is 3.67. The van der Waals surface area contributed by atoms with Crippen LogP contribution in [0.4, 0.5) is 8.78 Å². The quantitative estimate of drug-likeness (QED) is 0.428. The van der Waals surface area contributed by atoms with Crippen LogP contribution in [0.5, 0.6) is 5.75 Å². The second-order valence-electron chi connectivity index (χ2n) is 11.9. The van der Waals surface area contributed by atoms with Crippen LogP contribution in [0.15, 0.2) is 12.1 Å². The van der Waals surface area contributed by atoms with Crippen LogP contribution in [0.1, 0.15) is 93.9 Å². The van der Waals surface area contributed by atoms with Crippen LogP contribution >= 0.6 is 11.6 Å². The van der Waals surface area contributed by atoms with Gasteiger partial charge in [0.1, 0.15) is 23.7 Å². The molecule has 1 saturated heterocycles. The summed E-state index contributed by atoms with van der Waals surface area (Å²) >= 11 is 6.65. The smallest absolute Gasteiger partial charge is 0.310 e. The van der Waals surface area contributed by atoms with E-state index in [1.165, 1.54) is 4.68 Å². The van der Waals surface area contributed by atoms with Gasteiger partial charge in [-0.2, -0.15) is 0 Å². The predicted octanol–water partition coefficient (Wildman–Crippen LogP) is 4.97. The van der Waals surface area contributed by atoms with Gasteiger partial charge >= 0.3 is 5.97 Å². The van der Waals surface area contributed by atoms with Crippen molar-refractivity contribution in [3.05, 3.63) is 39.7 Å². The van der Waals surface area contributed by atoms with Gasteiger partial charge in [0.05, 0.1) is 17.4 Å². The van der Waals surface area contributed by atoms with Gasteiger partial charge in [0, 0.05) is 42.7 Å². The maximum atomic E-state index is 14.1. The van der Waals surface area contributed by atoms with Crippen LogP contribution < -0.4 is 4.74 Å². The second kappa shape index (κ2) is 11.8. The largest absolute Gasteiger partial charge is 0.487 e. The molecule has 0 bridgehead atoms. The first kappa shape index (κ1) is 30.2. The molecule has 0 unspecified atom stereocenters. The van der Waals surface area contributed by atoms with Gasteiger partial charge < -0.3 is 19.6 Å². The first-order valence-corrected chi connectivity index (χ1v) is 14.8. The molecule has 0 spiro atoms. The van der Waals surface area contributed by atoms with Gasteiger partial charge in [0.15, 0.2) is 0 Å². The Bertz CT molecular complexity index is 1380. The maximum Gasteiger partial charge on any atom is 0.310 e. The molecule has 1 aliphatic carbocycles. The van der Waals surface area contributed by atoms with Crippen LogP contribution in [0, 0.1) is 11.3 Å². The number of halogens is 3. The van der Waals surface area contributed by atoms with Gasteiger partial charge in [-0.1, -0.05) is 23.2 Å². The summed E-state index contributed by atoms with van der Waals surface area (Å²) in [5.41, 5.74) is -0.153. The van der Waals surface area contributed by atoms with Gasteiger partial charge in [-0.15, -0.1) is 5.10 Å². The SMILES string of the molecule is CC(C)n1nnc(COc2ccc(Cl)c3c2[C@@H](CN2CCCC2=O)N(C(=O)[C@@H]2CCC[C@]2(C)C(=O)O)CC3)c1C(F)F. The fourth-order valence-electron chi connectivity index (χ4n) is 6.67. The van der Waals surface area contributed by atoms with Gasteiger partial charge in [-0.25, -0.2) is 13.5 Å². The Kier molecular flexibility index (Phi) is 8.46. The molecular weight excluding hydrogens is 572 g/mol. The fraction of sp³-hybridized carbons (Fsp3) is 0.621. The Labute approximate surface area is 247 Å². The minimum absolute atomic E-state index is 0.000549. The Hall–Kier alpha value is -3.28. The Morgan fingerprint density at radius 3 is 2.62 bits per heavy atom. The Morgan fingerprint density at radius 1 is 1.21 bits per heavy atom. The van der Waals surface area contributed by atoms with E-state index in [1.807, 2.05) is 0 Å². The number of carbonyl (C=O) groups excluding carboxylic acids is 2. The zero-order valence-electron chi connectivity index (χ0n) is 24.0. The number of carboxylic acids is 1. The Balaban J connectivity index is 1.53. The third kappa shape index (κ3) is 5.33. The highest BCUT2D eigenvalue weighted by Gasteiger charge is 2.51. The highest BCUT2D eigenvalue weighted by Crippen LogP contribution is 2.47. The number of carboxylic acid groups (broad SMARTS) is 1. The number of ether oxygens (including phenoxy) is 1. The molecule has 1 aromatic heterocycles. The zero-order chi connectivity index (χ0) is 30.3. The predicted molar refractivity (Wildman–Crippen MR) is 148 cm³/mol. The van der Waals surface area contributed by atoms with E-state index in [-0.39, 0.29) is 42.4 Å². The van der Waals surface area contributed by atoms with E-state index >= 15 is 0 Å². The molecule has 2 fully saturated rings. The van der Waals surface area contributed by atoms with Crippen molar-refractivity contribution in [3.63, 3.8) is 0 Å². The molecule has 5 rings (SSSR count). The molecule has 2 aromatic rings. The summed E-state index contributed by atoms with van der Waals surface area (Å²) in [4.78, 5) is 42.5. The van der Waals surface area contributed by atoms with Crippen molar-refractivity contribution in [2.45, 2.75) is 84.4 Å². The van der Waals surface area contributed by atoms with E-state index in [2.05, 4.69) is 10.3 Å². The number of carbonyl (C=O) groups is 3. The molecule has 2 amide bonds. The lowest BCUT2D eigenvalue weighted by Gasteiger charge is -2.42. The normalized spacial score (nSPS) is 24.1. The van der Waals surface area contributed by atoms with Gasteiger partial charge in [-0.05, 0) is 64.2 Å². The van der Waals surface area contributed by atoms with Gasteiger partial charge in [-0.3, -0.25) is 14.4 Å². The number of amides is 2. The molecule has 3 atom stereocenters. The summed E-state index contributed by atoms with van der Waals surface area (Å²) in [6, 6.07) is 2.33. The van der Waals surface area contributed by atoms with Gasteiger partial charge in [0.25, 0.3) is 6.43 Å². The summed E-state index contributed by atoms with van der Waals surface area (Å²) in [7, 11) is 0. The Morgan fingerprint density at radius 2 is 1.98 bits per heavy atom. The summed E-state index contributed by atoms with van der Waals surface area (Å²) in [5.74, 6) is -1.67. The highest BCUT2D eigenvalue weighted by molar-refractivity contribution is 6.31. The molecule has 228 valence electrons. The summed E-state index contributed by atoms with van der Waals surface area (Å²) in [6.07, 6.45) is 0.189. The number of fused-ring (bicyclic) bond motifs is 1. The van der Waals surface area contributed by atoms with Crippen LogP contribution in [0.25, 0.3) is 0 Å². The number of hydrogen-bond donors (Lipinski definition) is 1. The monoisotopic (exact) mass is 607 g/mol.